The summed E-state index contributed by atoms with van der Waals surface area (Å²) in [5.41, 5.74) is 1.23. The zero-order valence-corrected chi connectivity index (χ0v) is 29.7. The fourth-order valence-corrected chi connectivity index (χ4v) is 6.47. The monoisotopic (exact) mass is 706 g/mol. The van der Waals surface area contributed by atoms with Crippen LogP contribution >= 0.6 is 0 Å². The number of nitrogens with zero attached hydrogens (tertiary/aromatic N) is 2. The lowest BCUT2D eigenvalue weighted by molar-refractivity contribution is -0.140. The summed E-state index contributed by atoms with van der Waals surface area (Å²) in [5.74, 6) is -5.41. The first kappa shape index (κ1) is 35.8. The second kappa shape index (κ2) is 12.9. The van der Waals surface area contributed by atoms with Crippen LogP contribution in [0.3, 0.4) is 0 Å². The van der Waals surface area contributed by atoms with E-state index < -0.39 is 48.8 Å². The summed E-state index contributed by atoms with van der Waals surface area (Å²) in [6.45, 7) is 10.6. The van der Waals surface area contributed by atoms with Gasteiger partial charge in [0.1, 0.15) is 11.5 Å². The van der Waals surface area contributed by atoms with Gasteiger partial charge in [0.05, 0.1) is 11.4 Å². The van der Waals surface area contributed by atoms with Gasteiger partial charge in [-0.05, 0) is 83.3 Å². The molecular weight excluding hydrogens is 668 g/mol. The lowest BCUT2D eigenvalue weighted by Crippen LogP contribution is -2.44. The molecule has 0 radical (unpaired) electrons. The van der Waals surface area contributed by atoms with Crippen LogP contribution in [0.5, 0.6) is 11.5 Å². The number of carbonyl (C=O) groups excluding carboxylic acids is 4. The molecule has 268 valence electrons. The van der Waals surface area contributed by atoms with Gasteiger partial charge < -0.3 is 19.7 Å². The first-order valence-electron chi connectivity index (χ1n) is 16.9. The van der Waals surface area contributed by atoms with Gasteiger partial charge in [-0.15, -0.1) is 0 Å². The minimum atomic E-state index is -1.24. The summed E-state index contributed by atoms with van der Waals surface area (Å²) in [6, 6.07) is 15.6. The van der Waals surface area contributed by atoms with Crippen molar-refractivity contribution in [3.05, 3.63) is 94.0 Å². The molecule has 0 saturated carbocycles. The Balaban J connectivity index is 1.50. The highest BCUT2D eigenvalue weighted by Crippen LogP contribution is 2.45. The molecule has 4 amide bonds. The van der Waals surface area contributed by atoms with Crippen LogP contribution in [0.25, 0.3) is 10.8 Å². The van der Waals surface area contributed by atoms with E-state index in [4.69, 9.17) is 9.47 Å². The van der Waals surface area contributed by atoms with Gasteiger partial charge in [-0.3, -0.25) is 19.2 Å². The minimum Gasteiger partial charge on any atom is -0.480 e. The molecule has 52 heavy (non-hydrogen) atoms. The fraction of sp³-hybridized carbons (Fsp3) is 0.300. The number of carboxylic acid groups (broad SMARTS) is 2. The van der Waals surface area contributed by atoms with Crippen molar-refractivity contribution in [2.45, 2.75) is 65.2 Å². The molecule has 2 aliphatic heterocycles. The predicted octanol–water partition coefficient (Wildman–Crippen LogP) is 6.74. The maximum Gasteiger partial charge on any atom is 0.341 e. The predicted molar refractivity (Wildman–Crippen MR) is 192 cm³/mol. The van der Waals surface area contributed by atoms with Crippen molar-refractivity contribution in [2.24, 2.45) is 0 Å². The number of aliphatic carboxylic acids is 2. The van der Waals surface area contributed by atoms with Crippen molar-refractivity contribution in [3.63, 3.8) is 0 Å². The van der Waals surface area contributed by atoms with Crippen LogP contribution in [0.2, 0.25) is 0 Å². The molecular formula is C40H38N2O10. The number of carbonyl (C=O) groups is 6. The summed E-state index contributed by atoms with van der Waals surface area (Å²) in [6.07, 6.45) is 1.45. The van der Waals surface area contributed by atoms with Gasteiger partial charge in [-0.1, -0.05) is 53.7 Å². The van der Waals surface area contributed by atoms with E-state index in [2.05, 4.69) is 0 Å². The van der Waals surface area contributed by atoms with Gasteiger partial charge in [0.2, 0.25) is 0 Å². The van der Waals surface area contributed by atoms with Crippen molar-refractivity contribution in [3.8, 4) is 11.5 Å². The van der Waals surface area contributed by atoms with Gasteiger partial charge >= 0.3 is 11.9 Å². The Morgan fingerprint density at radius 3 is 1.13 bits per heavy atom. The highest BCUT2D eigenvalue weighted by molar-refractivity contribution is 6.42. The largest absolute Gasteiger partial charge is 0.480 e. The van der Waals surface area contributed by atoms with Gasteiger partial charge in [0.15, 0.2) is 13.2 Å². The zero-order chi connectivity index (χ0) is 37.9. The van der Waals surface area contributed by atoms with Crippen LogP contribution in [0.4, 0.5) is 11.4 Å². The van der Waals surface area contributed by atoms with Crippen molar-refractivity contribution < 1.29 is 48.5 Å². The van der Waals surface area contributed by atoms with Crippen LogP contribution in [0.15, 0.2) is 60.7 Å². The molecule has 0 spiro atoms. The van der Waals surface area contributed by atoms with Crippen LogP contribution in [-0.2, 0) is 20.4 Å². The molecule has 0 saturated heterocycles. The maximum absolute atomic E-state index is 14.3. The highest BCUT2D eigenvalue weighted by atomic mass is 16.5. The molecule has 12 nitrogen and oxygen atoms in total. The number of anilines is 2. The SMILES string of the molecule is CCC(C)(C)c1ccc(OCC(=O)O)c(N2C(=O)c3ccc4c5c(ccc(c35)C2=O)C(=O)N(c2cc(C(C)(C)CC)ccc2OCC(=O)O)C4=O)c1. The Morgan fingerprint density at radius 2 is 0.865 bits per heavy atom. The van der Waals surface area contributed by atoms with Gasteiger partial charge in [-0.2, -0.15) is 0 Å². The number of carboxylic acids is 2. The lowest BCUT2D eigenvalue weighted by atomic mass is 9.81. The molecule has 0 atom stereocenters. The zero-order valence-electron chi connectivity index (χ0n) is 29.7. The van der Waals surface area contributed by atoms with Gasteiger partial charge in [-0.25, -0.2) is 19.4 Å². The average molecular weight is 707 g/mol. The third kappa shape index (κ3) is 5.83. The molecule has 4 aromatic rings. The molecule has 4 aromatic carbocycles. The van der Waals surface area contributed by atoms with Gasteiger partial charge in [0.25, 0.3) is 23.6 Å². The molecule has 2 aliphatic rings. The number of ether oxygens (including phenoxy) is 2. The van der Waals surface area contributed by atoms with E-state index in [0.29, 0.717) is 0 Å². The normalized spacial score (nSPS) is 14.3. The molecule has 0 fully saturated rings. The van der Waals surface area contributed by atoms with E-state index in [1.54, 1.807) is 24.3 Å². The Morgan fingerprint density at radius 1 is 0.558 bits per heavy atom. The van der Waals surface area contributed by atoms with E-state index in [1.807, 2.05) is 41.5 Å². The summed E-state index contributed by atoms with van der Waals surface area (Å²) in [4.78, 5) is 82.0. The molecule has 0 bridgehead atoms. The summed E-state index contributed by atoms with van der Waals surface area (Å²) in [7, 11) is 0. The maximum atomic E-state index is 14.3. The Hall–Kier alpha value is -6.04. The van der Waals surface area contributed by atoms with E-state index in [1.165, 1.54) is 36.4 Å². The average Bonchev–Trinajstić information content (AvgIpc) is 3.11. The third-order valence-corrected chi connectivity index (χ3v) is 10.3. The molecule has 2 N–H and O–H groups in total. The summed E-state index contributed by atoms with van der Waals surface area (Å²) < 4.78 is 11.1. The fourth-order valence-electron chi connectivity index (χ4n) is 6.47. The van der Waals surface area contributed by atoms with E-state index in [0.717, 1.165) is 33.8 Å². The molecule has 0 aliphatic carbocycles. The van der Waals surface area contributed by atoms with Crippen LogP contribution < -0.4 is 19.3 Å². The van der Waals surface area contributed by atoms with Crippen molar-refractivity contribution in [1.29, 1.82) is 0 Å². The first-order chi connectivity index (χ1) is 24.5. The van der Waals surface area contributed by atoms with Crippen LogP contribution in [-0.4, -0.2) is 59.0 Å². The number of hydrogen-bond donors (Lipinski definition) is 2. The van der Waals surface area contributed by atoms with Gasteiger partial charge in [0, 0.05) is 33.0 Å². The smallest absolute Gasteiger partial charge is 0.341 e. The molecule has 6 rings (SSSR count). The molecule has 12 heteroatoms. The highest BCUT2D eigenvalue weighted by Gasteiger charge is 2.42. The Bertz CT molecular complexity index is 2010. The third-order valence-electron chi connectivity index (χ3n) is 10.3. The molecule has 0 unspecified atom stereocenters. The number of amides is 4. The molecule has 2 heterocycles. The molecule has 0 aromatic heterocycles. The van der Waals surface area contributed by atoms with Crippen molar-refractivity contribution >= 4 is 57.7 Å². The summed E-state index contributed by atoms with van der Waals surface area (Å²) in [5, 5.41) is 18.9. The lowest BCUT2D eigenvalue weighted by Gasteiger charge is -2.34. The Kier molecular flexibility index (Phi) is 8.90. The standard InChI is InChI=1S/C40H38N2O10/c1-7-39(3,4)21-9-15-29(51-19-31(43)44)27(17-21)41-35(47)23-11-13-25-34-26(14-12-24(33(23)34)36(41)48)38(50)42(37(25)49)28-18-22(40(5,6)8-2)10-16-30(28)52-20-32(45)46/h9-18H,7-8,19-20H2,1-6H3,(H,43,44)(H,45,46). The van der Waals surface area contributed by atoms with E-state index >= 15 is 0 Å². The number of benzene rings is 4. The van der Waals surface area contributed by atoms with E-state index in [-0.39, 0.29) is 66.7 Å². The number of imide groups is 2. The minimum absolute atomic E-state index is 0.0178. The van der Waals surface area contributed by atoms with Crippen molar-refractivity contribution in [1.82, 2.24) is 0 Å². The number of rotatable bonds is 12. The second-order valence-electron chi connectivity index (χ2n) is 14.2. The Labute approximate surface area is 299 Å². The summed E-state index contributed by atoms with van der Waals surface area (Å²) >= 11 is 0. The second-order valence-corrected chi connectivity index (χ2v) is 14.2. The van der Waals surface area contributed by atoms with Crippen molar-refractivity contribution in [2.75, 3.05) is 23.0 Å². The van der Waals surface area contributed by atoms with Crippen LogP contribution in [0.1, 0.15) is 107 Å². The first-order valence-corrected chi connectivity index (χ1v) is 16.9. The van der Waals surface area contributed by atoms with E-state index in [9.17, 15) is 39.0 Å². The number of hydrogen-bond acceptors (Lipinski definition) is 8. The van der Waals surface area contributed by atoms with Crippen LogP contribution in [0, 0.1) is 0 Å². The quantitative estimate of drug-likeness (QED) is 0.151. The topological polar surface area (TPSA) is 168 Å².